The third-order valence-electron chi connectivity index (χ3n) is 7.39. The molecule has 0 bridgehead atoms. The molecule has 0 amide bonds. The van der Waals surface area contributed by atoms with Gasteiger partial charge in [-0.3, -0.25) is 0 Å². The highest BCUT2D eigenvalue weighted by molar-refractivity contribution is 7.99. The molecule has 0 saturated carbocycles. The van der Waals surface area contributed by atoms with Crippen LogP contribution in [0.4, 0.5) is 0 Å². The van der Waals surface area contributed by atoms with Crippen LogP contribution in [0.1, 0.15) is 0 Å². The summed E-state index contributed by atoms with van der Waals surface area (Å²) in [6.45, 7) is 0. The van der Waals surface area contributed by atoms with E-state index in [-0.39, 0.29) is 0 Å². The van der Waals surface area contributed by atoms with Crippen molar-refractivity contribution in [2.24, 2.45) is 0 Å². The Balaban J connectivity index is 1.35. The Hall–Kier alpha value is -4.07. The van der Waals surface area contributed by atoms with Gasteiger partial charge in [0.15, 0.2) is 0 Å². The zero-order valence-corrected chi connectivity index (χ0v) is 19.8. The van der Waals surface area contributed by atoms with Crippen LogP contribution in [0, 0.1) is 0 Å². The van der Waals surface area contributed by atoms with Gasteiger partial charge < -0.3 is 0 Å². The molecule has 7 aromatic carbocycles. The maximum Gasteiger partial charge on any atom is 0.0207 e. The lowest BCUT2D eigenvalue weighted by molar-refractivity contribution is 1.40. The van der Waals surface area contributed by atoms with E-state index in [1.807, 2.05) is 11.8 Å². The number of benzene rings is 7. The topological polar surface area (TPSA) is 0 Å². The summed E-state index contributed by atoms with van der Waals surface area (Å²) in [4.78, 5) is 2.68. The van der Waals surface area contributed by atoms with Gasteiger partial charge in [-0.05, 0) is 96.4 Å². The number of hydrogen-bond acceptors (Lipinski definition) is 1. The molecule has 7 aromatic rings. The number of hydrogen-bond donors (Lipinski definition) is 0. The average molecular weight is 461 g/mol. The second-order valence-corrected chi connectivity index (χ2v) is 10.5. The maximum absolute atomic E-state index is 2.38. The Bertz CT molecular complexity index is 1970. The van der Waals surface area contributed by atoms with Crippen molar-refractivity contribution < 1.29 is 0 Å². The molecule has 0 N–H and O–H groups in total. The van der Waals surface area contributed by atoms with E-state index in [1.54, 1.807) is 0 Å². The van der Waals surface area contributed by atoms with Crippen LogP contribution in [0.15, 0.2) is 131 Å². The Morgan fingerprint density at radius 1 is 0.371 bits per heavy atom. The third kappa shape index (κ3) is 2.89. The van der Waals surface area contributed by atoms with E-state index in [1.165, 1.54) is 75.1 Å². The molecule has 0 radical (unpaired) electrons. The van der Waals surface area contributed by atoms with E-state index in [2.05, 4.69) is 121 Å². The average Bonchev–Trinajstić information content (AvgIpc) is 2.92. The zero-order valence-electron chi connectivity index (χ0n) is 19.0. The molecular formula is C34H20S. The zero-order chi connectivity index (χ0) is 22.9. The van der Waals surface area contributed by atoms with Crippen LogP contribution in [-0.4, -0.2) is 0 Å². The summed E-state index contributed by atoms with van der Waals surface area (Å²) in [5, 5.41) is 10.5. The summed E-state index contributed by atoms with van der Waals surface area (Å²) in [5.74, 6) is 0. The maximum atomic E-state index is 2.38. The van der Waals surface area contributed by atoms with Crippen molar-refractivity contribution in [2.75, 3.05) is 0 Å². The molecule has 0 aromatic heterocycles. The van der Waals surface area contributed by atoms with Gasteiger partial charge in [-0.25, -0.2) is 0 Å². The molecule has 1 aliphatic heterocycles. The van der Waals surface area contributed by atoms with Gasteiger partial charge in [0.25, 0.3) is 0 Å². The van der Waals surface area contributed by atoms with Crippen LogP contribution in [0.25, 0.3) is 65.3 Å². The fraction of sp³-hybridized carbons (Fsp3) is 0. The van der Waals surface area contributed by atoms with Gasteiger partial charge in [0.1, 0.15) is 0 Å². The monoisotopic (exact) mass is 460 g/mol. The van der Waals surface area contributed by atoms with Gasteiger partial charge in [-0.1, -0.05) is 96.7 Å². The van der Waals surface area contributed by atoms with Crippen molar-refractivity contribution >= 4 is 54.9 Å². The minimum absolute atomic E-state index is 1.26. The molecule has 0 nitrogen and oxygen atoms in total. The predicted molar refractivity (Wildman–Crippen MR) is 151 cm³/mol. The molecule has 1 aliphatic rings. The fourth-order valence-electron chi connectivity index (χ4n) is 5.67. The molecule has 1 heteroatoms. The van der Waals surface area contributed by atoms with Crippen LogP contribution in [0.3, 0.4) is 0 Å². The highest BCUT2D eigenvalue weighted by Crippen LogP contribution is 2.48. The minimum atomic E-state index is 1.26. The van der Waals surface area contributed by atoms with Gasteiger partial charge in [-0.2, -0.15) is 0 Å². The van der Waals surface area contributed by atoms with Crippen LogP contribution in [0.5, 0.6) is 0 Å². The van der Waals surface area contributed by atoms with E-state index in [9.17, 15) is 0 Å². The van der Waals surface area contributed by atoms with Crippen molar-refractivity contribution in [3.05, 3.63) is 121 Å². The predicted octanol–water partition coefficient (Wildman–Crippen LogP) is 10.1. The van der Waals surface area contributed by atoms with Crippen molar-refractivity contribution in [3.63, 3.8) is 0 Å². The minimum Gasteiger partial charge on any atom is -0.0888 e. The van der Waals surface area contributed by atoms with E-state index in [4.69, 9.17) is 0 Å². The van der Waals surface area contributed by atoms with Crippen LogP contribution >= 0.6 is 11.8 Å². The number of fused-ring (bicyclic) bond motifs is 6. The quantitative estimate of drug-likeness (QED) is 0.173. The SMILES string of the molecule is c1ccc2cc3c(ccc4ccc(-c5ccc6c(c5)-c5cccc7cccc(c57)S6)cc43)cc2c1. The fourth-order valence-corrected chi connectivity index (χ4v) is 6.79. The van der Waals surface area contributed by atoms with Gasteiger partial charge in [-0.15, -0.1) is 0 Å². The van der Waals surface area contributed by atoms with Crippen LogP contribution < -0.4 is 0 Å². The molecule has 0 fully saturated rings. The first-order chi connectivity index (χ1) is 17.3. The van der Waals surface area contributed by atoms with Crippen molar-refractivity contribution in [2.45, 2.75) is 9.79 Å². The van der Waals surface area contributed by atoms with Gasteiger partial charge in [0.05, 0.1) is 0 Å². The second kappa shape index (κ2) is 7.21. The highest BCUT2D eigenvalue weighted by Gasteiger charge is 2.19. The summed E-state index contributed by atoms with van der Waals surface area (Å²) in [5.41, 5.74) is 5.20. The van der Waals surface area contributed by atoms with Gasteiger partial charge in [0, 0.05) is 15.2 Å². The Morgan fingerprint density at radius 2 is 1.06 bits per heavy atom. The smallest absolute Gasteiger partial charge is 0.0207 e. The standard InChI is InChI=1S/C34H20S/c1-2-6-24-18-30-27(17-23(24)5-1)14-12-21-11-13-25(19-29(21)30)26-15-16-32-31(20-26)28-9-3-7-22-8-4-10-33(35-32)34(22)28/h1-20H. The summed E-state index contributed by atoms with van der Waals surface area (Å²) >= 11 is 1.88. The van der Waals surface area contributed by atoms with Crippen molar-refractivity contribution in [1.29, 1.82) is 0 Å². The lowest BCUT2D eigenvalue weighted by atomic mass is 9.92. The first kappa shape index (κ1) is 19.3. The first-order valence-electron chi connectivity index (χ1n) is 12.0. The van der Waals surface area contributed by atoms with E-state index < -0.39 is 0 Å². The largest absolute Gasteiger partial charge is 0.0888 e. The summed E-state index contributed by atoms with van der Waals surface area (Å²) < 4.78 is 0. The van der Waals surface area contributed by atoms with Crippen LogP contribution in [-0.2, 0) is 0 Å². The van der Waals surface area contributed by atoms with Gasteiger partial charge >= 0.3 is 0 Å². The molecule has 0 unspecified atom stereocenters. The van der Waals surface area contributed by atoms with E-state index in [0.717, 1.165) is 0 Å². The Kier molecular flexibility index (Phi) is 3.97. The van der Waals surface area contributed by atoms with Crippen LogP contribution in [0.2, 0.25) is 0 Å². The third-order valence-corrected chi connectivity index (χ3v) is 8.53. The van der Waals surface area contributed by atoms with E-state index >= 15 is 0 Å². The van der Waals surface area contributed by atoms with Gasteiger partial charge in [0.2, 0.25) is 0 Å². The molecule has 1 heterocycles. The van der Waals surface area contributed by atoms with Crippen molar-refractivity contribution in [3.8, 4) is 22.3 Å². The normalized spacial score (nSPS) is 12.5. The van der Waals surface area contributed by atoms with Crippen molar-refractivity contribution in [1.82, 2.24) is 0 Å². The molecule has 0 spiro atoms. The molecule has 0 saturated heterocycles. The second-order valence-electron chi connectivity index (χ2n) is 9.39. The molecule has 0 atom stereocenters. The summed E-state index contributed by atoms with van der Waals surface area (Å²) in [6.07, 6.45) is 0. The molecular weight excluding hydrogens is 440 g/mol. The summed E-state index contributed by atoms with van der Waals surface area (Å²) in [6, 6.07) is 44.9. The first-order valence-corrected chi connectivity index (χ1v) is 12.8. The molecule has 162 valence electrons. The Labute approximate surface area is 207 Å². The molecule has 35 heavy (non-hydrogen) atoms. The number of rotatable bonds is 1. The summed E-state index contributed by atoms with van der Waals surface area (Å²) in [7, 11) is 0. The molecule has 8 rings (SSSR count). The lowest BCUT2D eigenvalue weighted by Gasteiger charge is -2.21. The van der Waals surface area contributed by atoms with E-state index in [0.29, 0.717) is 0 Å². The Morgan fingerprint density at radius 3 is 1.97 bits per heavy atom. The lowest BCUT2D eigenvalue weighted by Crippen LogP contribution is -1.93. The molecule has 0 aliphatic carbocycles. The highest BCUT2D eigenvalue weighted by atomic mass is 32.2.